The van der Waals surface area contributed by atoms with Gasteiger partial charge in [0.1, 0.15) is 22.9 Å². The van der Waals surface area contributed by atoms with E-state index < -0.39 is 5.82 Å². The van der Waals surface area contributed by atoms with Crippen molar-refractivity contribution in [1.82, 2.24) is 39.6 Å². The number of aromatic nitrogens is 6. The molecule has 210 valence electrons. The van der Waals surface area contributed by atoms with Crippen molar-refractivity contribution in [1.29, 1.82) is 0 Å². The second-order valence-electron chi connectivity index (χ2n) is 10.1. The quantitative estimate of drug-likeness (QED) is 0.266. The number of amides is 1. The monoisotopic (exact) mass is 620 g/mol. The van der Waals surface area contributed by atoms with Crippen LogP contribution in [0.15, 0.2) is 83.9 Å². The van der Waals surface area contributed by atoms with E-state index in [1.165, 1.54) is 23.0 Å². The number of rotatable bonds is 8. The highest BCUT2D eigenvalue weighted by Crippen LogP contribution is 2.25. The molecule has 1 aliphatic rings. The van der Waals surface area contributed by atoms with Crippen molar-refractivity contribution in [3.05, 3.63) is 112 Å². The number of halogens is 3. The van der Waals surface area contributed by atoms with Gasteiger partial charge in [0, 0.05) is 38.1 Å². The highest BCUT2D eigenvalue weighted by atomic mass is 79.9. The van der Waals surface area contributed by atoms with Gasteiger partial charge in [-0.1, -0.05) is 23.4 Å². The average molecular weight is 621 g/mol. The van der Waals surface area contributed by atoms with Gasteiger partial charge in [0.05, 0.1) is 28.6 Å². The van der Waals surface area contributed by atoms with Crippen LogP contribution in [-0.4, -0.2) is 59.3 Å². The Labute approximate surface area is 243 Å². The van der Waals surface area contributed by atoms with Gasteiger partial charge in [-0.25, -0.2) is 18.1 Å². The van der Waals surface area contributed by atoms with Crippen molar-refractivity contribution in [3.63, 3.8) is 0 Å². The van der Waals surface area contributed by atoms with E-state index in [0.717, 1.165) is 24.2 Å². The molecular formula is C29H27BrF2N8O. The van der Waals surface area contributed by atoms with Crippen LogP contribution in [0.25, 0.3) is 11.5 Å². The first-order valence-corrected chi connectivity index (χ1v) is 14.0. The topological polar surface area (TPSA) is 85.8 Å². The smallest absolute Gasteiger partial charge is 0.256 e. The molecule has 1 N–H and O–H groups in total. The number of para-hydroxylation sites is 1. The molecule has 1 unspecified atom stereocenters. The molecule has 1 fully saturated rings. The van der Waals surface area contributed by atoms with E-state index in [1.807, 2.05) is 25.3 Å². The minimum Gasteiger partial charge on any atom is -0.348 e. The van der Waals surface area contributed by atoms with Crippen molar-refractivity contribution in [2.75, 3.05) is 13.1 Å². The van der Waals surface area contributed by atoms with Gasteiger partial charge >= 0.3 is 0 Å². The molecule has 9 nitrogen and oxygen atoms in total. The zero-order chi connectivity index (χ0) is 28.5. The molecule has 0 radical (unpaired) electrons. The van der Waals surface area contributed by atoms with E-state index in [-0.39, 0.29) is 29.5 Å². The highest BCUT2D eigenvalue weighted by molar-refractivity contribution is 9.10. The Morgan fingerprint density at radius 3 is 2.71 bits per heavy atom. The summed E-state index contributed by atoms with van der Waals surface area (Å²) in [5.41, 5.74) is 2.34. The third-order valence-corrected chi connectivity index (χ3v) is 7.90. The Kier molecular flexibility index (Phi) is 7.50. The molecule has 2 aromatic carbocycles. The fraction of sp³-hybridized carbons (Fsp3) is 0.241. The predicted molar refractivity (Wildman–Crippen MR) is 152 cm³/mol. The Morgan fingerprint density at radius 1 is 1.12 bits per heavy atom. The molecule has 0 spiro atoms. The van der Waals surface area contributed by atoms with Crippen LogP contribution in [0.1, 0.15) is 41.0 Å². The normalized spacial score (nSPS) is 16.2. The van der Waals surface area contributed by atoms with Crippen LogP contribution in [0.2, 0.25) is 0 Å². The molecule has 1 amide bonds. The molecule has 0 saturated carbocycles. The number of nitrogens with one attached hydrogen (secondary N) is 1. The molecule has 0 bridgehead atoms. The van der Waals surface area contributed by atoms with E-state index in [0.29, 0.717) is 28.9 Å². The van der Waals surface area contributed by atoms with Crippen LogP contribution < -0.4 is 5.32 Å². The second-order valence-corrected chi connectivity index (χ2v) is 10.9. The maximum Gasteiger partial charge on any atom is 0.256 e. The molecule has 4 heterocycles. The van der Waals surface area contributed by atoms with Gasteiger partial charge in [-0.3, -0.25) is 9.69 Å². The molecule has 5 aromatic rings. The van der Waals surface area contributed by atoms with E-state index in [4.69, 9.17) is 0 Å². The molecule has 6 rings (SSSR count). The molecule has 12 heteroatoms. The van der Waals surface area contributed by atoms with E-state index in [9.17, 15) is 13.6 Å². The Morgan fingerprint density at radius 2 is 1.93 bits per heavy atom. The fourth-order valence-electron chi connectivity index (χ4n) is 5.11. The average Bonchev–Trinajstić information content (AvgIpc) is 3.78. The number of carbonyl (C=O) groups excluding carboxylic acids is 1. The van der Waals surface area contributed by atoms with Crippen LogP contribution in [0, 0.1) is 11.6 Å². The summed E-state index contributed by atoms with van der Waals surface area (Å²) >= 11 is 3.24. The third-order valence-electron chi connectivity index (χ3n) is 7.29. The Balaban J connectivity index is 1.12. The summed E-state index contributed by atoms with van der Waals surface area (Å²) in [5.74, 6) is -0.547. The van der Waals surface area contributed by atoms with Crippen molar-refractivity contribution in [3.8, 4) is 11.5 Å². The van der Waals surface area contributed by atoms with Gasteiger partial charge in [0.15, 0.2) is 5.82 Å². The van der Waals surface area contributed by atoms with Crippen LogP contribution in [-0.2, 0) is 6.54 Å². The number of nitrogens with zero attached hydrogens (tertiary/aromatic N) is 7. The van der Waals surface area contributed by atoms with Gasteiger partial charge in [-0.05, 0) is 71.2 Å². The third kappa shape index (κ3) is 5.57. The first kappa shape index (κ1) is 27.0. The molecule has 1 saturated heterocycles. The van der Waals surface area contributed by atoms with E-state index in [2.05, 4.69) is 41.6 Å². The minimum absolute atomic E-state index is 0.0673. The number of hydrogen-bond acceptors (Lipinski definition) is 5. The number of likely N-dealkylation sites (tertiary alicyclic amines) is 1. The highest BCUT2D eigenvalue weighted by Gasteiger charge is 2.28. The summed E-state index contributed by atoms with van der Waals surface area (Å²) in [6, 6.07) is 14.7. The summed E-state index contributed by atoms with van der Waals surface area (Å²) in [7, 11) is 0. The predicted octanol–water partition coefficient (Wildman–Crippen LogP) is 4.91. The van der Waals surface area contributed by atoms with Crippen LogP contribution in [0.5, 0.6) is 0 Å². The lowest BCUT2D eigenvalue weighted by atomic mass is 10.1. The first-order valence-electron chi connectivity index (χ1n) is 13.2. The van der Waals surface area contributed by atoms with Gasteiger partial charge < -0.3 is 9.88 Å². The standard InChI is InChI=1S/C29H27BrF2N8O/c1-19(20-8-9-25(31)24(30)14-20)39-18-22(35-36-39)17-37-13-10-21(16-37)34-28(41)23-15-33-40(27-7-3-2-6-26(27)32)29(23)38-11-4-5-12-38/h2-9,11-12,14-15,18-19,21H,10,13,16-17H2,1H3,(H,34,41)/t19-,21?/m1/s1. The van der Waals surface area contributed by atoms with E-state index in [1.54, 1.807) is 52.0 Å². The molecule has 0 aliphatic carbocycles. The first-order chi connectivity index (χ1) is 19.9. The molecule has 1 aliphatic heterocycles. The number of benzene rings is 2. The second kappa shape index (κ2) is 11.4. The SMILES string of the molecule is C[C@H](c1ccc(F)c(Br)c1)n1cc(CN2CCC(NC(=O)c3cnn(-c4ccccc4F)c3-n3cccc3)C2)nn1. The van der Waals surface area contributed by atoms with Crippen LogP contribution in [0.4, 0.5) is 8.78 Å². The fourth-order valence-corrected chi connectivity index (χ4v) is 5.51. The summed E-state index contributed by atoms with van der Waals surface area (Å²) in [4.78, 5) is 15.6. The Hall–Kier alpha value is -4.16. The van der Waals surface area contributed by atoms with Gasteiger partial charge in [-0.2, -0.15) is 5.10 Å². The molecular weight excluding hydrogens is 594 g/mol. The largest absolute Gasteiger partial charge is 0.348 e. The lowest BCUT2D eigenvalue weighted by Crippen LogP contribution is -2.37. The summed E-state index contributed by atoms with van der Waals surface area (Å²) in [6.07, 6.45) is 7.74. The number of carbonyl (C=O) groups is 1. The summed E-state index contributed by atoms with van der Waals surface area (Å²) in [6.45, 7) is 4.01. The van der Waals surface area contributed by atoms with Crippen molar-refractivity contribution < 1.29 is 13.6 Å². The molecule has 41 heavy (non-hydrogen) atoms. The van der Waals surface area contributed by atoms with Crippen LogP contribution >= 0.6 is 15.9 Å². The zero-order valence-electron chi connectivity index (χ0n) is 22.2. The van der Waals surface area contributed by atoms with Crippen molar-refractivity contribution >= 4 is 21.8 Å². The summed E-state index contributed by atoms with van der Waals surface area (Å²) in [5, 5.41) is 16.1. The molecule has 2 atom stereocenters. The lowest BCUT2D eigenvalue weighted by molar-refractivity contribution is 0.0937. The zero-order valence-corrected chi connectivity index (χ0v) is 23.7. The van der Waals surface area contributed by atoms with Crippen molar-refractivity contribution in [2.45, 2.75) is 32.0 Å². The van der Waals surface area contributed by atoms with Crippen LogP contribution in [0.3, 0.4) is 0 Å². The van der Waals surface area contributed by atoms with Gasteiger partial charge in [-0.15, -0.1) is 5.10 Å². The van der Waals surface area contributed by atoms with Gasteiger partial charge in [0.25, 0.3) is 5.91 Å². The Bertz CT molecular complexity index is 1680. The van der Waals surface area contributed by atoms with Crippen molar-refractivity contribution in [2.24, 2.45) is 0 Å². The summed E-state index contributed by atoms with van der Waals surface area (Å²) < 4.78 is 33.6. The minimum atomic E-state index is -0.431. The van der Waals surface area contributed by atoms with E-state index >= 15 is 0 Å². The number of hydrogen-bond donors (Lipinski definition) is 1. The molecule has 3 aromatic heterocycles. The maximum atomic E-state index is 14.6. The van der Waals surface area contributed by atoms with Gasteiger partial charge in [0.2, 0.25) is 0 Å². The maximum absolute atomic E-state index is 14.6. The lowest BCUT2D eigenvalue weighted by Gasteiger charge is -2.16.